The Labute approximate surface area is 112 Å². The van der Waals surface area contributed by atoms with Crippen LogP contribution in [0.5, 0.6) is 0 Å². The summed E-state index contributed by atoms with van der Waals surface area (Å²) in [6.45, 7) is 0. The third-order valence-electron chi connectivity index (χ3n) is 3.29. The number of hydrogen-bond acceptors (Lipinski definition) is 2. The van der Waals surface area contributed by atoms with Gasteiger partial charge in [-0.2, -0.15) is 0 Å². The van der Waals surface area contributed by atoms with Crippen LogP contribution in [-0.4, -0.2) is 20.3 Å². The summed E-state index contributed by atoms with van der Waals surface area (Å²) < 4.78 is 5.61. The van der Waals surface area contributed by atoms with Crippen molar-refractivity contribution < 1.29 is 4.74 Å². The lowest BCUT2D eigenvalue weighted by Crippen LogP contribution is -2.32. The molecule has 0 spiro atoms. The number of hydrogen-bond donors (Lipinski definition) is 1. The van der Waals surface area contributed by atoms with Gasteiger partial charge in [0.15, 0.2) is 0 Å². The predicted molar refractivity (Wildman–Crippen MR) is 71.8 cm³/mol. The highest BCUT2D eigenvalue weighted by Gasteiger charge is 2.37. The van der Waals surface area contributed by atoms with Gasteiger partial charge >= 0.3 is 0 Å². The molecule has 1 aliphatic rings. The number of halogens is 2. The van der Waals surface area contributed by atoms with Crippen molar-refractivity contribution in [3.63, 3.8) is 0 Å². The third kappa shape index (κ3) is 2.94. The molecule has 4 heteroatoms. The molecule has 0 heterocycles. The van der Waals surface area contributed by atoms with E-state index in [1.165, 1.54) is 12.8 Å². The molecule has 1 aliphatic carbocycles. The summed E-state index contributed by atoms with van der Waals surface area (Å²) in [6.07, 6.45) is 2.62. The minimum atomic E-state index is 0.0960. The lowest BCUT2D eigenvalue weighted by atomic mass is 9.98. The standard InChI is InChI=1S/C13H17Cl2NO/c1-16-12(13(17-2)8-3-4-8)10-7-9(14)5-6-11(10)15/h5-8,12-13,16H,3-4H2,1-2H3. The highest BCUT2D eigenvalue weighted by molar-refractivity contribution is 6.33. The van der Waals surface area contributed by atoms with Gasteiger partial charge in [0, 0.05) is 17.2 Å². The Balaban J connectivity index is 2.29. The average Bonchev–Trinajstić information content (AvgIpc) is 3.13. The van der Waals surface area contributed by atoms with Gasteiger partial charge in [-0.05, 0) is 49.6 Å². The van der Waals surface area contributed by atoms with Crippen LogP contribution in [-0.2, 0) is 4.74 Å². The second-order valence-corrected chi connectivity index (χ2v) is 5.31. The zero-order chi connectivity index (χ0) is 12.4. The van der Waals surface area contributed by atoms with Gasteiger partial charge in [0.05, 0.1) is 12.1 Å². The zero-order valence-electron chi connectivity index (χ0n) is 10.0. The summed E-state index contributed by atoms with van der Waals surface area (Å²) in [4.78, 5) is 0. The molecule has 1 saturated carbocycles. The SMILES string of the molecule is CNC(c1cc(Cl)ccc1Cl)C(OC)C1CC1. The Morgan fingerprint density at radius 3 is 2.59 bits per heavy atom. The van der Waals surface area contributed by atoms with Gasteiger partial charge in [-0.3, -0.25) is 0 Å². The lowest BCUT2D eigenvalue weighted by molar-refractivity contribution is 0.0531. The van der Waals surface area contributed by atoms with Crippen molar-refractivity contribution in [1.29, 1.82) is 0 Å². The van der Waals surface area contributed by atoms with E-state index in [-0.39, 0.29) is 12.1 Å². The molecule has 1 aromatic rings. The summed E-state index contributed by atoms with van der Waals surface area (Å²) in [6, 6.07) is 5.65. The molecule has 17 heavy (non-hydrogen) atoms. The fraction of sp³-hybridized carbons (Fsp3) is 0.538. The van der Waals surface area contributed by atoms with Crippen molar-refractivity contribution in [2.24, 2.45) is 5.92 Å². The molecule has 0 aromatic heterocycles. The van der Waals surface area contributed by atoms with Crippen LogP contribution in [0.4, 0.5) is 0 Å². The van der Waals surface area contributed by atoms with Crippen molar-refractivity contribution in [3.05, 3.63) is 33.8 Å². The number of likely N-dealkylation sites (N-methyl/N-ethyl adjacent to an activating group) is 1. The van der Waals surface area contributed by atoms with Crippen LogP contribution in [0.3, 0.4) is 0 Å². The monoisotopic (exact) mass is 273 g/mol. The van der Waals surface area contributed by atoms with Crippen LogP contribution in [0.2, 0.25) is 10.0 Å². The molecule has 2 unspecified atom stereocenters. The van der Waals surface area contributed by atoms with Crippen molar-refractivity contribution >= 4 is 23.2 Å². The minimum Gasteiger partial charge on any atom is -0.379 e. The second-order valence-electron chi connectivity index (χ2n) is 4.47. The summed E-state index contributed by atoms with van der Waals surface area (Å²) in [7, 11) is 3.68. The van der Waals surface area contributed by atoms with E-state index in [0.29, 0.717) is 10.9 Å². The first-order valence-corrected chi connectivity index (χ1v) is 6.58. The van der Waals surface area contributed by atoms with Crippen LogP contribution in [0, 0.1) is 5.92 Å². The van der Waals surface area contributed by atoms with E-state index in [4.69, 9.17) is 27.9 Å². The number of rotatable bonds is 5. The highest BCUT2D eigenvalue weighted by atomic mass is 35.5. The van der Waals surface area contributed by atoms with Gasteiger partial charge in [0.25, 0.3) is 0 Å². The molecular formula is C13H17Cl2NO. The number of nitrogens with one attached hydrogen (secondary N) is 1. The maximum Gasteiger partial charge on any atom is 0.0794 e. The largest absolute Gasteiger partial charge is 0.379 e. The predicted octanol–water partition coefficient (Wildman–Crippen LogP) is 3.68. The first-order chi connectivity index (χ1) is 8.17. The number of methoxy groups -OCH3 is 1. The molecule has 2 nitrogen and oxygen atoms in total. The Morgan fingerprint density at radius 1 is 1.35 bits per heavy atom. The Kier molecular flexibility index (Phi) is 4.31. The molecule has 0 bridgehead atoms. The van der Waals surface area contributed by atoms with Crippen LogP contribution < -0.4 is 5.32 Å². The normalized spacial score (nSPS) is 19.1. The topological polar surface area (TPSA) is 21.3 Å². The smallest absolute Gasteiger partial charge is 0.0794 e. The molecule has 1 N–H and O–H groups in total. The molecule has 0 saturated heterocycles. The zero-order valence-corrected chi connectivity index (χ0v) is 11.6. The number of ether oxygens (including phenoxy) is 1. The van der Waals surface area contributed by atoms with Crippen LogP contribution in [0.25, 0.3) is 0 Å². The third-order valence-corrected chi connectivity index (χ3v) is 3.87. The van der Waals surface area contributed by atoms with Gasteiger partial charge < -0.3 is 10.1 Å². The van der Waals surface area contributed by atoms with E-state index in [1.807, 2.05) is 19.2 Å². The number of benzene rings is 1. The van der Waals surface area contributed by atoms with E-state index < -0.39 is 0 Å². The quantitative estimate of drug-likeness (QED) is 0.884. The van der Waals surface area contributed by atoms with Crippen molar-refractivity contribution in [2.45, 2.75) is 25.0 Å². The molecule has 94 valence electrons. The van der Waals surface area contributed by atoms with E-state index in [1.54, 1.807) is 13.2 Å². The molecular weight excluding hydrogens is 257 g/mol. The van der Waals surface area contributed by atoms with Crippen molar-refractivity contribution in [3.8, 4) is 0 Å². The maximum absolute atomic E-state index is 6.24. The molecule has 1 aromatic carbocycles. The first kappa shape index (κ1) is 13.2. The van der Waals surface area contributed by atoms with Gasteiger partial charge in [-0.1, -0.05) is 23.2 Å². The van der Waals surface area contributed by atoms with Crippen LogP contribution >= 0.6 is 23.2 Å². The molecule has 0 amide bonds. The van der Waals surface area contributed by atoms with Gasteiger partial charge in [-0.25, -0.2) is 0 Å². The van der Waals surface area contributed by atoms with E-state index in [9.17, 15) is 0 Å². The fourth-order valence-corrected chi connectivity index (χ4v) is 2.69. The molecule has 2 atom stereocenters. The van der Waals surface area contributed by atoms with Gasteiger partial charge in [0.2, 0.25) is 0 Å². The molecule has 1 fully saturated rings. The van der Waals surface area contributed by atoms with E-state index in [0.717, 1.165) is 10.6 Å². The summed E-state index contributed by atoms with van der Waals surface area (Å²) >= 11 is 12.3. The average molecular weight is 274 g/mol. The summed E-state index contributed by atoms with van der Waals surface area (Å²) in [5.74, 6) is 0.632. The van der Waals surface area contributed by atoms with Gasteiger partial charge in [0.1, 0.15) is 0 Å². The summed E-state index contributed by atoms with van der Waals surface area (Å²) in [5.41, 5.74) is 1.01. The van der Waals surface area contributed by atoms with Crippen LogP contribution in [0.1, 0.15) is 24.4 Å². The van der Waals surface area contributed by atoms with Crippen LogP contribution in [0.15, 0.2) is 18.2 Å². The highest BCUT2D eigenvalue weighted by Crippen LogP contribution is 2.41. The minimum absolute atomic E-state index is 0.0960. The molecule has 0 aliphatic heterocycles. The first-order valence-electron chi connectivity index (χ1n) is 5.82. The van der Waals surface area contributed by atoms with Gasteiger partial charge in [-0.15, -0.1) is 0 Å². The molecule has 0 radical (unpaired) electrons. The second kappa shape index (κ2) is 5.57. The Bertz CT molecular complexity index is 393. The van der Waals surface area contributed by atoms with Crippen molar-refractivity contribution in [2.75, 3.05) is 14.2 Å². The lowest BCUT2D eigenvalue weighted by Gasteiger charge is -2.27. The van der Waals surface area contributed by atoms with Crippen molar-refractivity contribution in [1.82, 2.24) is 5.32 Å². The Morgan fingerprint density at radius 2 is 2.06 bits per heavy atom. The van der Waals surface area contributed by atoms with E-state index in [2.05, 4.69) is 5.32 Å². The fourth-order valence-electron chi connectivity index (χ4n) is 2.28. The molecule has 2 rings (SSSR count). The summed E-state index contributed by atoms with van der Waals surface area (Å²) in [5, 5.41) is 4.73. The Hall–Kier alpha value is -0.280. The maximum atomic E-state index is 6.24. The van der Waals surface area contributed by atoms with E-state index >= 15 is 0 Å².